The number of carbonyl (C=O) groups excluding carboxylic acids is 1. The average Bonchev–Trinajstić information content (AvgIpc) is 2.79. The minimum Gasteiger partial charge on any atom is -0.481 e. The molecule has 0 aliphatic carbocycles. The molecule has 4 heteroatoms. The summed E-state index contributed by atoms with van der Waals surface area (Å²) in [4.78, 5) is 15.1. The van der Waals surface area contributed by atoms with Gasteiger partial charge in [0.05, 0.1) is 5.69 Å². The predicted molar refractivity (Wildman–Crippen MR) is 124 cm³/mol. The molecule has 0 saturated heterocycles. The summed E-state index contributed by atoms with van der Waals surface area (Å²) in [6.45, 7) is 1.95. The van der Waals surface area contributed by atoms with E-state index in [1.807, 2.05) is 85.8 Å². The minimum absolute atomic E-state index is 0.147. The second-order valence-electron chi connectivity index (χ2n) is 6.92. The van der Waals surface area contributed by atoms with Crippen LogP contribution in [0.15, 0.2) is 107 Å². The van der Waals surface area contributed by atoms with E-state index in [-0.39, 0.29) is 5.91 Å². The molecule has 0 spiro atoms. The first kappa shape index (κ1) is 20.0. The fourth-order valence-electron chi connectivity index (χ4n) is 3.21. The zero-order valence-corrected chi connectivity index (χ0v) is 17.6. The number of ether oxygens (including phenoxy) is 1. The van der Waals surface area contributed by atoms with E-state index in [2.05, 4.69) is 23.5 Å². The number of nitrogens with one attached hydrogen (secondary N) is 1. The maximum Gasteiger partial charge on any atom is 0.265 e. The van der Waals surface area contributed by atoms with Crippen molar-refractivity contribution in [1.29, 1.82) is 0 Å². The molecule has 1 unspecified atom stereocenters. The summed E-state index contributed by atoms with van der Waals surface area (Å²) in [7, 11) is 0. The maximum absolute atomic E-state index is 13.0. The fourth-order valence-corrected chi connectivity index (χ4v) is 4.14. The first-order valence-electron chi connectivity index (χ1n) is 10.0. The van der Waals surface area contributed by atoms with Crippen LogP contribution in [0.1, 0.15) is 13.3 Å². The zero-order chi connectivity index (χ0) is 20.8. The van der Waals surface area contributed by atoms with E-state index in [0.29, 0.717) is 12.2 Å². The van der Waals surface area contributed by atoms with Gasteiger partial charge in [-0.25, -0.2) is 0 Å². The molecule has 0 bridgehead atoms. The Labute approximate surface area is 181 Å². The van der Waals surface area contributed by atoms with Crippen LogP contribution in [0.2, 0.25) is 0 Å². The predicted octanol–water partition coefficient (Wildman–Crippen LogP) is 6.79. The molecule has 0 radical (unpaired) electrons. The van der Waals surface area contributed by atoms with E-state index in [1.54, 1.807) is 11.8 Å². The monoisotopic (exact) mass is 413 g/mol. The topological polar surface area (TPSA) is 38.3 Å². The van der Waals surface area contributed by atoms with Crippen molar-refractivity contribution in [3.05, 3.63) is 97.1 Å². The van der Waals surface area contributed by atoms with Crippen molar-refractivity contribution >= 4 is 34.1 Å². The van der Waals surface area contributed by atoms with Crippen LogP contribution in [-0.2, 0) is 4.79 Å². The summed E-state index contributed by atoms with van der Waals surface area (Å²) in [5.74, 6) is 0.550. The minimum atomic E-state index is -0.569. The molecule has 1 atom stereocenters. The number of hydrogen-bond donors (Lipinski definition) is 1. The van der Waals surface area contributed by atoms with Gasteiger partial charge in [0.25, 0.3) is 5.91 Å². The van der Waals surface area contributed by atoms with Gasteiger partial charge in [-0.3, -0.25) is 4.79 Å². The standard InChI is InChI=1S/C26H23NO2S/c1-2-24(29-21-17-16-19-10-6-7-11-20(19)18-21)26(28)27-23-14-8-9-15-25(23)30-22-12-4-3-5-13-22/h3-18,24H,2H2,1H3,(H,27,28). The lowest BCUT2D eigenvalue weighted by atomic mass is 10.1. The van der Waals surface area contributed by atoms with Crippen molar-refractivity contribution < 1.29 is 9.53 Å². The number of amides is 1. The van der Waals surface area contributed by atoms with E-state index in [1.165, 1.54) is 0 Å². The van der Waals surface area contributed by atoms with Gasteiger partial charge in [0.1, 0.15) is 5.75 Å². The van der Waals surface area contributed by atoms with Crippen LogP contribution in [0, 0.1) is 0 Å². The molecular formula is C26H23NO2S. The van der Waals surface area contributed by atoms with Gasteiger partial charge in [-0.1, -0.05) is 79.3 Å². The first-order chi connectivity index (χ1) is 14.7. The van der Waals surface area contributed by atoms with Crippen molar-refractivity contribution in [2.24, 2.45) is 0 Å². The van der Waals surface area contributed by atoms with Gasteiger partial charge >= 0.3 is 0 Å². The quantitative estimate of drug-likeness (QED) is 0.363. The Morgan fingerprint density at radius 3 is 2.37 bits per heavy atom. The van der Waals surface area contributed by atoms with Crippen LogP contribution in [0.5, 0.6) is 5.75 Å². The van der Waals surface area contributed by atoms with Gasteiger partial charge in [0.15, 0.2) is 6.10 Å². The molecular weight excluding hydrogens is 390 g/mol. The number of hydrogen-bond acceptors (Lipinski definition) is 3. The molecule has 0 saturated carbocycles. The normalized spacial score (nSPS) is 11.8. The summed E-state index contributed by atoms with van der Waals surface area (Å²) < 4.78 is 6.05. The van der Waals surface area contributed by atoms with Gasteiger partial charge in [0, 0.05) is 9.79 Å². The average molecular weight is 414 g/mol. The van der Waals surface area contributed by atoms with Gasteiger partial charge < -0.3 is 10.1 Å². The Bertz CT molecular complexity index is 1140. The van der Waals surface area contributed by atoms with Crippen LogP contribution in [0.25, 0.3) is 10.8 Å². The Hall–Kier alpha value is -3.24. The van der Waals surface area contributed by atoms with Crippen molar-refractivity contribution in [2.75, 3.05) is 5.32 Å². The smallest absolute Gasteiger partial charge is 0.265 e. The zero-order valence-electron chi connectivity index (χ0n) is 16.7. The molecule has 0 aromatic heterocycles. The van der Waals surface area contributed by atoms with Crippen LogP contribution < -0.4 is 10.1 Å². The summed E-state index contributed by atoms with van der Waals surface area (Å²) in [5.41, 5.74) is 0.789. The largest absolute Gasteiger partial charge is 0.481 e. The second kappa shape index (κ2) is 9.51. The first-order valence-corrected chi connectivity index (χ1v) is 10.8. The number of benzene rings is 4. The number of rotatable bonds is 7. The van der Waals surface area contributed by atoms with E-state index < -0.39 is 6.10 Å². The Morgan fingerprint density at radius 1 is 0.867 bits per heavy atom. The van der Waals surface area contributed by atoms with Crippen LogP contribution in [-0.4, -0.2) is 12.0 Å². The molecule has 3 nitrogen and oxygen atoms in total. The highest BCUT2D eigenvalue weighted by Gasteiger charge is 2.20. The van der Waals surface area contributed by atoms with Crippen molar-refractivity contribution in [3.8, 4) is 5.75 Å². The number of fused-ring (bicyclic) bond motifs is 1. The van der Waals surface area contributed by atoms with E-state index >= 15 is 0 Å². The summed E-state index contributed by atoms with van der Waals surface area (Å²) in [6.07, 6.45) is 0.00748. The van der Waals surface area contributed by atoms with Gasteiger partial charge in [-0.05, 0) is 53.6 Å². The second-order valence-corrected chi connectivity index (χ2v) is 8.04. The molecule has 4 rings (SSSR count). The highest BCUT2D eigenvalue weighted by molar-refractivity contribution is 7.99. The Balaban J connectivity index is 1.49. The molecule has 150 valence electrons. The van der Waals surface area contributed by atoms with E-state index in [4.69, 9.17) is 4.74 Å². The third-order valence-corrected chi connectivity index (χ3v) is 5.86. The lowest BCUT2D eigenvalue weighted by molar-refractivity contribution is -0.122. The highest BCUT2D eigenvalue weighted by atomic mass is 32.2. The summed E-state index contributed by atoms with van der Waals surface area (Å²) in [5, 5.41) is 5.29. The van der Waals surface area contributed by atoms with Gasteiger partial charge in [-0.2, -0.15) is 0 Å². The van der Waals surface area contributed by atoms with Gasteiger partial charge in [-0.15, -0.1) is 0 Å². The molecule has 1 N–H and O–H groups in total. The summed E-state index contributed by atoms with van der Waals surface area (Å²) in [6, 6.07) is 32.0. The SMILES string of the molecule is CCC(Oc1ccc2ccccc2c1)C(=O)Nc1ccccc1Sc1ccccc1. The third kappa shape index (κ3) is 4.84. The third-order valence-electron chi connectivity index (χ3n) is 4.78. The summed E-state index contributed by atoms with van der Waals surface area (Å²) >= 11 is 1.63. The van der Waals surface area contributed by atoms with E-state index in [9.17, 15) is 4.79 Å². The maximum atomic E-state index is 13.0. The van der Waals surface area contributed by atoms with Crippen molar-refractivity contribution in [1.82, 2.24) is 0 Å². The van der Waals surface area contributed by atoms with E-state index in [0.717, 1.165) is 26.3 Å². The molecule has 30 heavy (non-hydrogen) atoms. The molecule has 0 heterocycles. The van der Waals surface area contributed by atoms with Crippen molar-refractivity contribution in [2.45, 2.75) is 29.2 Å². The fraction of sp³-hybridized carbons (Fsp3) is 0.115. The van der Waals surface area contributed by atoms with Crippen molar-refractivity contribution in [3.63, 3.8) is 0 Å². The van der Waals surface area contributed by atoms with Crippen LogP contribution >= 0.6 is 11.8 Å². The molecule has 4 aromatic rings. The highest BCUT2D eigenvalue weighted by Crippen LogP contribution is 2.33. The molecule has 0 fully saturated rings. The molecule has 0 aliphatic rings. The lowest BCUT2D eigenvalue weighted by Crippen LogP contribution is -2.32. The van der Waals surface area contributed by atoms with Gasteiger partial charge in [0.2, 0.25) is 0 Å². The number of para-hydroxylation sites is 1. The lowest BCUT2D eigenvalue weighted by Gasteiger charge is -2.19. The Kier molecular flexibility index (Phi) is 6.35. The van der Waals surface area contributed by atoms with Crippen LogP contribution in [0.3, 0.4) is 0 Å². The number of carbonyl (C=O) groups is 1. The Morgan fingerprint density at radius 2 is 1.57 bits per heavy atom. The molecule has 4 aromatic carbocycles. The molecule has 0 aliphatic heterocycles. The number of anilines is 1. The molecule has 1 amide bonds. The van der Waals surface area contributed by atoms with Crippen LogP contribution in [0.4, 0.5) is 5.69 Å².